The van der Waals surface area contributed by atoms with Crippen LogP contribution in [0.25, 0.3) is 5.76 Å². The van der Waals surface area contributed by atoms with Gasteiger partial charge in [-0.15, -0.1) is 0 Å². The van der Waals surface area contributed by atoms with E-state index in [1.807, 2.05) is 18.2 Å². The Bertz CT molecular complexity index is 1170. The highest BCUT2D eigenvalue weighted by molar-refractivity contribution is 5.84. The lowest BCUT2D eigenvalue weighted by molar-refractivity contribution is -0.206. The van der Waals surface area contributed by atoms with E-state index in [0.717, 1.165) is 31.2 Å². The first-order valence-corrected chi connectivity index (χ1v) is 13.2. The predicted molar refractivity (Wildman–Crippen MR) is 134 cm³/mol. The minimum atomic E-state index is -0.570. The minimum absolute atomic E-state index is 0.107. The number of fused-ring (bicyclic) bond motifs is 4. The SMILES string of the molecule is C=C(C)[C@@H]1CC[C@]2(C)[C@H](CC=C(C)[C@@]23CC2C(=O)OC(c4cccnc4)=CC2O3)[C@@]12CCC(=O)OC2. The van der Waals surface area contributed by atoms with Gasteiger partial charge in [-0.25, -0.2) is 0 Å². The monoisotopic (exact) mass is 489 g/mol. The van der Waals surface area contributed by atoms with Gasteiger partial charge in [0.15, 0.2) is 0 Å². The van der Waals surface area contributed by atoms with E-state index in [1.54, 1.807) is 12.4 Å². The van der Waals surface area contributed by atoms with Crippen molar-refractivity contribution in [2.24, 2.45) is 28.6 Å². The molecule has 5 aliphatic rings. The van der Waals surface area contributed by atoms with Crippen molar-refractivity contribution in [2.45, 2.75) is 71.0 Å². The number of pyridine rings is 1. The molecule has 2 saturated heterocycles. The maximum absolute atomic E-state index is 13.3. The van der Waals surface area contributed by atoms with Gasteiger partial charge < -0.3 is 14.2 Å². The second-order valence-electron chi connectivity index (χ2n) is 11.8. The number of cyclic esters (lactones) is 2. The quantitative estimate of drug-likeness (QED) is 0.409. The summed E-state index contributed by atoms with van der Waals surface area (Å²) in [6.45, 7) is 11.4. The third kappa shape index (κ3) is 3.16. The Kier molecular flexibility index (Phi) is 5.35. The van der Waals surface area contributed by atoms with E-state index in [1.165, 1.54) is 11.1 Å². The van der Waals surface area contributed by atoms with Crippen LogP contribution in [-0.2, 0) is 23.8 Å². The van der Waals surface area contributed by atoms with Crippen LogP contribution in [0.4, 0.5) is 0 Å². The van der Waals surface area contributed by atoms with Gasteiger partial charge in [0.2, 0.25) is 0 Å². The summed E-state index contributed by atoms with van der Waals surface area (Å²) in [6, 6.07) is 3.73. The van der Waals surface area contributed by atoms with E-state index in [4.69, 9.17) is 14.2 Å². The van der Waals surface area contributed by atoms with Gasteiger partial charge in [-0.3, -0.25) is 14.6 Å². The summed E-state index contributed by atoms with van der Waals surface area (Å²) in [5, 5.41) is 0. The number of nitrogens with zero attached hydrogens (tertiary/aromatic N) is 1. The number of ether oxygens (including phenoxy) is 3. The Morgan fingerprint density at radius 3 is 2.78 bits per heavy atom. The van der Waals surface area contributed by atoms with E-state index in [0.29, 0.717) is 31.1 Å². The average molecular weight is 490 g/mol. The highest BCUT2D eigenvalue weighted by Gasteiger charge is 2.69. The lowest BCUT2D eigenvalue weighted by Crippen LogP contribution is -2.64. The smallest absolute Gasteiger partial charge is 0.317 e. The molecule has 3 aliphatic heterocycles. The Hall–Kier alpha value is -2.73. The third-order valence-electron chi connectivity index (χ3n) is 10.2. The highest BCUT2D eigenvalue weighted by atomic mass is 16.6. The first-order chi connectivity index (χ1) is 17.2. The molecular weight excluding hydrogens is 454 g/mol. The Morgan fingerprint density at radius 1 is 1.25 bits per heavy atom. The van der Waals surface area contributed by atoms with Crippen molar-refractivity contribution in [1.82, 2.24) is 4.98 Å². The summed E-state index contributed by atoms with van der Waals surface area (Å²) in [4.78, 5) is 29.6. The van der Waals surface area contributed by atoms with Crippen molar-refractivity contribution in [3.63, 3.8) is 0 Å². The zero-order valence-electron chi connectivity index (χ0n) is 21.4. The molecule has 1 aromatic heterocycles. The number of hydrogen-bond donors (Lipinski definition) is 0. The number of aromatic nitrogens is 1. The summed E-state index contributed by atoms with van der Waals surface area (Å²) in [5.74, 6) is 0.405. The normalized spacial score (nSPS) is 41.6. The van der Waals surface area contributed by atoms with Crippen LogP contribution in [0.5, 0.6) is 0 Å². The zero-order valence-corrected chi connectivity index (χ0v) is 21.4. The molecule has 3 fully saturated rings. The second-order valence-corrected chi connectivity index (χ2v) is 11.8. The van der Waals surface area contributed by atoms with Crippen molar-refractivity contribution in [1.29, 1.82) is 0 Å². The lowest BCUT2D eigenvalue weighted by Gasteiger charge is -2.65. The molecule has 0 amide bonds. The standard InChI is InChI=1S/C30H35NO5/c1-18(2)22-9-11-28(4)25(29(22)12-10-26(32)34-17-29)8-7-19(3)30(28)15-21-24(36-30)14-23(35-27(21)33)20-6-5-13-31-16-20/h5-7,13-14,16,21-22,24-25H,1,8-12,15,17H2,2-4H3/t21?,22-,24?,25-,28+,29+,30-/m0/s1. The summed E-state index contributed by atoms with van der Waals surface area (Å²) in [7, 11) is 0. The molecule has 2 aliphatic carbocycles. The molecule has 0 aromatic carbocycles. The van der Waals surface area contributed by atoms with E-state index < -0.39 is 5.60 Å². The molecule has 6 heteroatoms. The molecule has 190 valence electrons. The molecule has 1 aromatic rings. The van der Waals surface area contributed by atoms with Gasteiger partial charge in [0.05, 0.1) is 24.2 Å². The minimum Gasteiger partial charge on any atom is -0.465 e. The molecule has 0 bridgehead atoms. The van der Waals surface area contributed by atoms with E-state index >= 15 is 0 Å². The van der Waals surface area contributed by atoms with Crippen LogP contribution in [0.1, 0.15) is 64.9 Å². The van der Waals surface area contributed by atoms with Crippen molar-refractivity contribution in [3.05, 3.63) is 60.0 Å². The first-order valence-electron chi connectivity index (χ1n) is 13.2. The van der Waals surface area contributed by atoms with E-state index in [-0.39, 0.29) is 40.7 Å². The van der Waals surface area contributed by atoms with Gasteiger partial charge >= 0.3 is 11.9 Å². The largest absolute Gasteiger partial charge is 0.465 e. The third-order valence-corrected chi connectivity index (χ3v) is 10.2. The maximum atomic E-state index is 13.3. The lowest BCUT2D eigenvalue weighted by atomic mass is 9.41. The molecule has 1 saturated carbocycles. The van der Waals surface area contributed by atoms with Crippen molar-refractivity contribution in [2.75, 3.05) is 6.61 Å². The maximum Gasteiger partial charge on any atom is 0.317 e. The Labute approximate surface area is 212 Å². The van der Waals surface area contributed by atoms with Gasteiger partial charge in [0.1, 0.15) is 5.76 Å². The number of rotatable bonds is 2. The molecule has 4 heterocycles. The van der Waals surface area contributed by atoms with Crippen LogP contribution in [0.2, 0.25) is 0 Å². The number of hydrogen-bond acceptors (Lipinski definition) is 6. The molecule has 0 radical (unpaired) electrons. The fourth-order valence-corrected chi connectivity index (χ4v) is 8.46. The fourth-order valence-electron chi connectivity index (χ4n) is 8.46. The number of carbonyl (C=O) groups is 2. The zero-order chi connectivity index (χ0) is 25.3. The van der Waals surface area contributed by atoms with Gasteiger partial charge in [0, 0.05) is 35.2 Å². The molecule has 2 spiro atoms. The number of allylic oxidation sites excluding steroid dienone is 2. The predicted octanol–water partition coefficient (Wildman–Crippen LogP) is 5.41. The Morgan fingerprint density at radius 2 is 2.08 bits per heavy atom. The Balaban J connectivity index is 1.41. The summed E-state index contributed by atoms with van der Waals surface area (Å²) < 4.78 is 18.6. The first kappa shape index (κ1) is 23.7. The molecule has 6 nitrogen and oxygen atoms in total. The van der Waals surface area contributed by atoms with Crippen LogP contribution < -0.4 is 0 Å². The summed E-state index contributed by atoms with van der Waals surface area (Å²) in [6.07, 6.45) is 12.1. The van der Waals surface area contributed by atoms with Gasteiger partial charge in [-0.1, -0.05) is 25.2 Å². The second kappa shape index (κ2) is 8.14. The topological polar surface area (TPSA) is 74.7 Å². The molecule has 2 unspecified atom stereocenters. The molecule has 36 heavy (non-hydrogen) atoms. The molecule has 0 N–H and O–H groups in total. The molecule has 6 rings (SSSR count). The van der Waals surface area contributed by atoms with Crippen molar-refractivity contribution >= 4 is 17.7 Å². The van der Waals surface area contributed by atoms with Crippen molar-refractivity contribution < 1.29 is 23.8 Å². The van der Waals surface area contributed by atoms with Gasteiger partial charge in [0.25, 0.3) is 0 Å². The van der Waals surface area contributed by atoms with Gasteiger partial charge in [-0.2, -0.15) is 0 Å². The summed E-state index contributed by atoms with van der Waals surface area (Å²) in [5.41, 5.74) is 2.21. The van der Waals surface area contributed by atoms with Gasteiger partial charge in [-0.05, 0) is 81.6 Å². The number of esters is 2. The van der Waals surface area contributed by atoms with Crippen LogP contribution in [0.3, 0.4) is 0 Å². The molecular formula is C30H35NO5. The number of carbonyl (C=O) groups excluding carboxylic acids is 2. The van der Waals surface area contributed by atoms with Crippen LogP contribution in [0.15, 0.2) is 54.4 Å². The fraction of sp³-hybridized carbons (Fsp3) is 0.567. The average Bonchev–Trinajstić information content (AvgIpc) is 3.27. The van der Waals surface area contributed by atoms with E-state index in [2.05, 4.69) is 38.4 Å². The molecule has 7 atom stereocenters. The van der Waals surface area contributed by atoms with Crippen LogP contribution in [-0.4, -0.2) is 35.2 Å². The van der Waals surface area contributed by atoms with Crippen LogP contribution in [0, 0.1) is 28.6 Å². The van der Waals surface area contributed by atoms with E-state index in [9.17, 15) is 9.59 Å². The highest BCUT2D eigenvalue weighted by Crippen LogP contribution is 2.69. The van der Waals surface area contributed by atoms with Crippen molar-refractivity contribution in [3.8, 4) is 0 Å². The summed E-state index contributed by atoms with van der Waals surface area (Å²) >= 11 is 0. The van der Waals surface area contributed by atoms with Crippen LogP contribution >= 0.6 is 0 Å².